The lowest BCUT2D eigenvalue weighted by Gasteiger charge is -2.19. The Morgan fingerprint density at radius 2 is 2.16 bits per heavy atom. The van der Waals surface area contributed by atoms with Gasteiger partial charge in [0.15, 0.2) is 12.4 Å². The summed E-state index contributed by atoms with van der Waals surface area (Å²) < 4.78 is 9.83. The number of carbonyl (C=O) groups is 2. The number of nitrogens with zero attached hydrogens (tertiary/aromatic N) is 1. The van der Waals surface area contributed by atoms with Crippen LogP contribution in [0.25, 0.3) is 0 Å². The Morgan fingerprint density at radius 3 is 2.79 bits per heavy atom. The van der Waals surface area contributed by atoms with Gasteiger partial charge >= 0.3 is 5.97 Å². The molecule has 0 radical (unpaired) electrons. The molecular weight excluding hydrogens is 248 g/mol. The van der Waals surface area contributed by atoms with Crippen LogP contribution in [0.4, 0.5) is 5.82 Å². The third-order valence-electron chi connectivity index (χ3n) is 3.18. The second-order valence-electron chi connectivity index (χ2n) is 4.81. The van der Waals surface area contributed by atoms with Gasteiger partial charge in [-0.15, -0.1) is 0 Å². The van der Waals surface area contributed by atoms with Gasteiger partial charge in [0.05, 0.1) is 5.92 Å². The standard InChI is InChI=1S/C13H18N2O4/c1-9-7-11(15-19-9)14-12(16)8-18-13(17)10-5-3-2-4-6-10/h7,10H,2-6,8H2,1H3,(H,14,15,16). The van der Waals surface area contributed by atoms with Crippen LogP contribution in [0.5, 0.6) is 0 Å². The zero-order valence-corrected chi connectivity index (χ0v) is 11.0. The number of rotatable bonds is 4. The monoisotopic (exact) mass is 266 g/mol. The minimum Gasteiger partial charge on any atom is -0.455 e. The molecule has 0 unspecified atom stereocenters. The van der Waals surface area contributed by atoms with E-state index in [2.05, 4.69) is 10.5 Å². The van der Waals surface area contributed by atoms with Crippen LogP contribution < -0.4 is 5.32 Å². The molecule has 6 heteroatoms. The zero-order valence-electron chi connectivity index (χ0n) is 11.0. The maximum absolute atomic E-state index is 11.7. The first kappa shape index (κ1) is 13.6. The van der Waals surface area contributed by atoms with Crippen molar-refractivity contribution in [2.45, 2.75) is 39.0 Å². The Hall–Kier alpha value is -1.85. The molecule has 1 N–H and O–H groups in total. The fourth-order valence-electron chi connectivity index (χ4n) is 2.20. The van der Waals surface area contributed by atoms with Gasteiger partial charge in [0.2, 0.25) is 0 Å². The molecule has 0 aliphatic heterocycles. The molecule has 1 heterocycles. The predicted molar refractivity (Wildman–Crippen MR) is 67.4 cm³/mol. The fraction of sp³-hybridized carbons (Fsp3) is 0.615. The number of aromatic nitrogens is 1. The summed E-state index contributed by atoms with van der Waals surface area (Å²) in [7, 11) is 0. The highest BCUT2D eigenvalue weighted by Gasteiger charge is 2.23. The highest BCUT2D eigenvalue weighted by molar-refractivity contribution is 5.92. The van der Waals surface area contributed by atoms with Gasteiger partial charge in [-0.3, -0.25) is 9.59 Å². The van der Waals surface area contributed by atoms with Crippen molar-refractivity contribution in [3.8, 4) is 0 Å². The smallest absolute Gasteiger partial charge is 0.309 e. The van der Waals surface area contributed by atoms with E-state index < -0.39 is 5.91 Å². The number of hydrogen-bond donors (Lipinski definition) is 1. The molecule has 1 aliphatic carbocycles. The largest absolute Gasteiger partial charge is 0.455 e. The molecule has 0 saturated heterocycles. The molecule has 0 bridgehead atoms. The predicted octanol–water partition coefficient (Wildman–Crippen LogP) is 2.05. The topological polar surface area (TPSA) is 81.4 Å². The van der Waals surface area contributed by atoms with Crippen LogP contribution in [0, 0.1) is 12.8 Å². The van der Waals surface area contributed by atoms with Gasteiger partial charge in [-0.05, 0) is 19.8 Å². The number of carbonyl (C=O) groups excluding carboxylic acids is 2. The summed E-state index contributed by atoms with van der Waals surface area (Å²) in [6, 6.07) is 1.60. The van der Waals surface area contributed by atoms with E-state index in [4.69, 9.17) is 9.26 Å². The SMILES string of the molecule is Cc1cc(NC(=O)COC(=O)C2CCCCC2)no1. The summed E-state index contributed by atoms with van der Waals surface area (Å²) in [5.74, 6) is 0.213. The first-order chi connectivity index (χ1) is 9.15. The lowest BCUT2D eigenvalue weighted by molar-refractivity contribution is -0.152. The summed E-state index contributed by atoms with van der Waals surface area (Å²) in [6.07, 6.45) is 5.02. The van der Waals surface area contributed by atoms with Crippen molar-refractivity contribution >= 4 is 17.7 Å². The maximum Gasteiger partial charge on any atom is 0.309 e. The minimum atomic E-state index is -0.405. The third-order valence-corrected chi connectivity index (χ3v) is 3.18. The first-order valence-corrected chi connectivity index (χ1v) is 6.55. The Kier molecular flexibility index (Phi) is 4.54. The molecule has 1 aliphatic rings. The van der Waals surface area contributed by atoms with E-state index in [0.29, 0.717) is 11.6 Å². The Labute approximate surface area is 111 Å². The Morgan fingerprint density at radius 1 is 1.42 bits per heavy atom. The van der Waals surface area contributed by atoms with Gasteiger partial charge in [0.25, 0.3) is 5.91 Å². The molecule has 2 rings (SSSR count). The summed E-state index contributed by atoms with van der Waals surface area (Å²) in [5.41, 5.74) is 0. The molecule has 0 aromatic carbocycles. The lowest BCUT2D eigenvalue weighted by atomic mass is 9.89. The highest BCUT2D eigenvalue weighted by atomic mass is 16.5. The van der Waals surface area contributed by atoms with E-state index in [-0.39, 0.29) is 18.5 Å². The number of anilines is 1. The number of hydrogen-bond acceptors (Lipinski definition) is 5. The quantitative estimate of drug-likeness (QED) is 0.843. The van der Waals surface area contributed by atoms with Gasteiger partial charge < -0.3 is 14.6 Å². The van der Waals surface area contributed by atoms with Crippen LogP contribution in [0.2, 0.25) is 0 Å². The van der Waals surface area contributed by atoms with Gasteiger partial charge in [0, 0.05) is 6.07 Å². The van der Waals surface area contributed by atoms with Crippen LogP contribution >= 0.6 is 0 Å². The Balaban J connectivity index is 1.72. The maximum atomic E-state index is 11.7. The molecule has 6 nitrogen and oxygen atoms in total. The van der Waals surface area contributed by atoms with Crippen molar-refractivity contribution < 1.29 is 18.8 Å². The summed E-state index contributed by atoms with van der Waals surface area (Å²) in [5, 5.41) is 6.13. The van der Waals surface area contributed by atoms with E-state index in [0.717, 1.165) is 25.7 Å². The fourth-order valence-corrected chi connectivity index (χ4v) is 2.20. The lowest BCUT2D eigenvalue weighted by Crippen LogP contribution is -2.26. The Bertz CT molecular complexity index is 449. The van der Waals surface area contributed by atoms with Crippen molar-refractivity contribution in [1.29, 1.82) is 0 Å². The van der Waals surface area contributed by atoms with Crippen LogP contribution in [-0.4, -0.2) is 23.6 Å². The number of ether oxygens (including phenoxy) is 1. The first-order valence-electron chi connectivity index (χ1n) is 6.55. The van der Waals surface area contributed by atoms with E-state index in [1.54, 1.807) is 13.0 Å². The molecule has 1 fully saturated rings. The van der Waals surface area contributed by atoms with Crippen molar-refractivity contribution in [1.82, 2.24) is 5.16 Å². The van der Waals surface area contributed by atoms with E-state index in [1.165, 1.54) is 6.42 Å². The number of nitrogens with one attached hydrogen (secondary N) is 1. The molecular formula is C13H18N2O4. The van der Waals surface area contributed by atoms with Crippen LogP contribution in [-0.2, 0) is 14.3 Å². The van der Waals surface area contributed by atoms with Crippen molar-refractivity contribution in [3.05, 3.63) is 11.8 Å². The molecule has 1 aromatic rings. The second kappa shape index (κ2) is 6.36. The highest BCUT2D eigenvalue weighted by Crippen LogP contribution is 2.24. The van der Waals surface area contributed by atoms with Crippen LogP contribution in [0.1, 0.15) is 37.9 Å². The van der Waals surface area contributed by atoms with Gasteiger partial charge in [-0.2, -0.15) is 0 Å². The van der Waals surface area contributed by atoms with Gasteiger partial charge in [0.1, 0.15) is 5.76 Å². The minimum absolute atomic E-state index is 0.0455. The number of esters is 1. The second-order valence-corrected chi connectivity index (χ2v) is 4.81. The average Bonchev–Trinajstić information content (AvgIpc) is 2.82. The van der Waals surface area contributed by atoms with E-state index >= 15 is 0 Å². The molecule has 1 saturated carbocycles. The number of aryl methyl sites for hydroxylation is 1. The average molecular weight is 266 g/mol. The van der Waals surface area contributed by atoms with Gasteiger partial charge in [-0.25, -0.2) is 0 Å². The van der Waals surface area contributed by atoms with Crippen LogP contribution in [0.3, 0.4) is 0 Å². The molecule has 1 amide bonds. The molecule has 19 heavy (non-hydrogen) atoms. The number of amides is 1. The van der Waals surface area contributed by atoms with Gasteiger partial charge in [-0.1, -0.05) is 24.4 Å². The summed E-state index contributed by atoms with van der Waals surface area (Å²) in [6.45, 7) is 1.45. The summed E-state index contributed by atoms with van der Waals surface area (Å²) in [4.78, 5) is 23.3. The van der Waals surface area contributed by atoms with E-state index in [1.807, 2.05) is 0 Å². The van der Waals surface area contributed by atoms with Crippen molar-refractivity contribution in [2.24, 2.45) is 5.92 Å². The van der Waals surface area contributed by atoms with Crippen molar-refractivity contribution in [3.63, 3.8) is 0 Å². The third kappa shape index (κ3) is 4.08. The summed E-state index contributed by atoms with van der Waals surface area (Å²) >= 11 is 0. The molecule has 104 valence electrons. The molecule has 0 spiro atoms. The normalized spacial score (nSPS) is 16.1. The van der Waals surface area contributed by atoms with E-state index in [9.17, 15) is 9.59 Å². The van der Waals surface area contributed by atoms with Crippen LogP contribution in [0.15, 0.2) is 10.6 Å². The zero-order chi connectivity index (χ0) is 13.7. The molecule has 0 atom stereocenters. The molecule has 1 aromatic heterocycles. The van der Waals surface area contributed by atoms with Crippen molar-refractivity contribution in [2.75, 3.05) is 11.9 Å².